The van der Waals surface area contributed by atoms with Gasteiger partial charge in [0.25, 0.3) is 0 Å². The van der Waals surface area contributed by atoms with Crippen molar-refractivity contribution in [2.45, 2.75) is 64.8 Å². The van der Waals surface area contributed by atoms with Crippen LogP contribution < -0.4 is 15.4 Å². The van der Waals surface area contributed by atoms with Gasteiger partial charge in [-0.25, -0.2) is 4.39 Å². The molecule has 0 aliphatic carbocycles. The molecule has 1 fully saturated rings. The van der Waals surface area contributed by atoms with Crippen molar-refractivity contribution in [2.75, 3.05) is 13.1 Å². The first-order valence-corrected chi connectivity index (χ1v) is 11.3. The smallest absolute Gasteiger partial charge is 0.123 e. The number of rotatable bonds is 7. The normalized spacial score (nSPS) is 17.7. The molecule has 4 rings (SSSR count). The largest absolute Gasteiger partial charge is 0.487 e. The summed E-state index contributed by atoms with van der Waals surface area (Å²) in [5, 5.41) is 7.00. The number of nitrogens with zero attached hydrogens (tertiary/aromatic N) is 1. The summed E-state index contributed by atoms with van der Waals surface area (Å²) in [5.74, 6) is 1.73. The molecule has 166 valence electrons. The van der Waals surface area contributed by atoms with Crippen LogP contribution in [0.25, 0.3) is 0 Å². The lowest BCUT2D eigenvalue weighted by atomic mass is 10.00. The number of ether oxygens (including phenoxy) is 1. The van der Waals surface area contributed by atoms with Gasteiger partial charge in [-0.2, -0.15) is 0 Å². The molecule has 4 nitrogen and oxygen atoms in total. The summed E-state index contributed by atoms with van der Waals surface area (Å²) in [6.45, 7) is 14.1. The molecule has 2 N–H and O–H groups in total. The van der Waals surface area contributed by atoms with Crippen LogP contribution in [-0.4, -0.2) is 29.6 Å². The molecule has 0 saturated carbocycles. The highest BCUT2D eigenvalue weighted by atomic mass is 19.1. The molecule has 0 amide bonds. The molecule has 0 spiro atoms. The Bertz CT molecular complexity index is 950. The number of piperidine rings is 1. The van der Waals surface area contributed by atoms with Gasteiger partial charge in [0.15, 0.2) is 0 Å². The fourth-order valence-electron chi connectivity index (χ4n) is 4.66. The van der Waals surface area contributed by atoms with E-state index in [4.69, 9.17) is 4.74 Å². The molecule has 0 unspecified atom stereocenters. The van der Waals surface area contributed by atoms with Gasteiger partial charge in [-0.05, 0) is 87.2 Å². The van der Waals surface area contributed by atoms with Gasteiger partial charge in [0, 0.05) is 25.6 Å². The van der Waals surface area contributed by atoms with Crippen LogP contribution in [-0.2, 0) is 19.5 Å². The van der Waals surface area contributed by atoms with Crippen molar-refractivity contribution in [1.29, 1.82) is 0 Å². The number of hydrogen-bond acceptors (Lipinski definition) is 4. The number of halogens is 1. The maximum absolute atomic E-state index is 13.6. The van der Waals surface area contributed by atoms with Gasteiger partial charge >= 0.3 is 0 Å². The lowest BCUT2D eigenvalue weighted by molar-refractivity contribution is 0.138. The minimum Gasteiger partial charge on any atom is -0.487 e. The zero-order valence-electron chi connectivity index (χ0n) is 18.9. The second kappa shape index (κ2) is 8.91. The molecule has 2 aromatic rings. The van der Waals surface area contributed by atoms with E-state index in [-0.39, 0.29) is 11.4 Å². The number of fused-ring (bicyclic) bond motifs is 1. The van der Waals surface area contributed by atoms with Crippen molar-refractivity contribution in [3.05, 3.63) is 76.9 Å². The van der Waals surface area contributed by atoms with E-state index in [9.17, 15) is 4.39 Å². The van der Waals surface area contributed by atoms with Crippen LogP contribution in [0.3, 0.4) is 0 Å². The van der Waals surface area contributed by atoms with Gasteiger partial charge in [0.05, 0.1) is 5.82 Å². The lowest BCUT2D eigenvalue weighted by Gasteiger charge is -2.38. The van der Waals surface area contributed by atoms with Crippen LogP contribution >= 0.6 is 0 Å². The van der Waals surface area contributed by atoms with E-state index in [1.807, 2.05) is 13.0 Å². The molecule has 5 heteroatoms. The maximum atomic E-state index is 13.6. The van der Waals surface area contributed by atoms with Crippen LogP contribution in [0.2, 0.25) is 0 Å². The average Bonchev–Trinajstić information content (AvgIpc) is 3.05. The van der Waals surface area contributed by atoms with Crippen molar-refractivity contribution in [3.63, 3.8) is 0 Å². The monoisotopic (exact) mass is 423 g/mol. The fourth-order valence-corrected chi connectivity index (χ4v) is 4.66. The third-order valence-corrected chi connectivity index (χ3v) is 6.37. The van der Waals surface area contributed by atoms with Gasteiger partial charge in [-0.3, -0.25) is 0 Å². The molecule has 2 aromatic carbocycles. The molecule has 0 atom stereocenters. The number of hydrogen-bond donors (Lipinski definition) is 2. The first kappa shape index (κ1) is 21.7. The lowest BCUT2D eigenvalue weighted by Crippen LogP contribution is -2.44. The molecular weight excluding hydrogens is 389 g/mol. The zero-order valence-corrected chi connectivity index (χ0v) is 18.9. The second-order valence-electron chi connectivity index (χ2n) is 9.46. The summed E-state index contributed by atoms with van der Waals surface area (Å²) >= 11 is 0. The Balaban J connectivity index is 1.46. The van der Waals surface area contributed by atoms with Gasteiger partial charge in [-0.15, -0.1) is 0 Å². The van der Waals surface area contributed by atoms with Gasteiger partial charge in [0.1, 0.15) is 17.2 Å². The molecule has 31 heavy (non-hydrogen) atoms. The second-order valence-corrected chi connectivity index (χ2v) is 9.46. The van der Waals surface area contributed by atoms with Crippen LogP contribution in [0.15, 0.2) is 48.8 Å². The van der Waals surface area contributed by atoms with Crippen LogP contribution in [0, 0.1) is 12.7 Å². The highest BCUT2D eigenvalue weighted by Crippen LogP contribution is 2.35. The van der Waals surface area contributed by atoms with E-state index in [1.165, 1.54) is 11.1 Å². The highest BCUT2D eigenvalue weighted by Gasteiger charge is 2.30. The van der Waals surface area contributed by atoms with Gasteiger partial charge in [-0.1, -0.05) is 24.8 Å². The molecule has 2 heterocycles. The maximum Gasteiger partial charge on any atom is 0.123 e. The third kappa shape index (κ3) is 5.21. The third-order valence-electron chi connectivity index (χ3n) is 6.37. The van der Waals surface area contributed by atoms with E-state index in [1.54, 1.807) is 12.1 Å². The standard InChI is InChI=1S/C26H34FN3O/c1-18-13-23(27)7-6-21(18)17-30(24-9-11-28-12-10-24)19(2)29-16-20-5-8-25-22(14-20)15-26(3,4)31-25/h5-8,13-14,24,28-29H,2,9-12,15-17H2,1,3-4H3. The Kier molecular flexibility index (Phi) is 6.24. The van der Waals surface area contributed by atoms with E-state index in [0.717, 1.165) is 68.1 Å². The minimum absolute atomic E-state index is 0.128. The van der Waals surface area contributed by atoms with Gasteiger partial charge in [0.2, 0.25) is 0 Å². The predicted molar refractivity (Wildman–Crippen MR) is 123 cm³/mol. The Morgan fingerprint density at radius 3 is 2.74 bits per heavy atom. The highest BCUT2D eigenvalue weighted by molar-refractivity contribution is 5.42. The van der Waals surface area contributed by atoms with E-state index in [0.29, 0.717) is 6.04 Å². The fraction of sp³-hybridized carbons (Fsp3) is 0.462. The Morgan fingerprint density at radius 2 is 2.00 bits per heavy atom. The molecule has 2 aliphatic rings. The first-order valence-electron chi connectivity index (χ1n) is 11.3. The average molecular weight is 424 g/mol. The van der Waals surface area contributed by atoms with Crippen molar-refractivity contribution in [1.82, 2.24) is 15.5 Å². The van der Waals surface area contributed by atoms with E-state index in [2.05, 4.69) is 54.2 Å². The van der Waals surface area contributed by atoms with Gasteiger partial charge < -0.3 is 20.3 Å². The summed E-state index contributed by atoms with van der Waals surface area (Å²) in [7, 11) is 0. The Morgan fingerprint density at radius 1 is 1.23 bits per heavy atom. The van der Waals surface area contributed by atoms with Crippen LogP contribution in [0.1, 0.15) is 48.9 Å². The Labute approximate surface area is 185 Å². The zero-order chi connectivity index (χ0) is 22.0. The number of nitrogens with one attached hydrogen (secondary N) is 2. The summed E-state index contributed by atoms with van der Waals surface area (Å²) in [5.41, 5.74) is 4.49. The van der Waals surface area contributed by atoms with Crippen molar-refractivity contribution in [3.8, 4) is 5.75 Å². The first-order chi connectivity index (χ1) is 14.8. The van der Waals surface area contributed by atoms with Crippen LogP contribution in [0.4, 0.5) is 4.39 Å². The molecule has 1 saturated heterocycles. The summed E-state index contributed by atoms with van der Waals surface area (Å²) in [6.07, 6.45) is 3.08. The topological polar surface area (TPSA) is 36.5 Å². The summed E-state index contributed by atoms with van der Waals surface area (Å²) in [6, 6.07) is 11.9. The predicted octanol–water partition coefficient (Wildman–Crippen LogP) is 4.66. The molecule has 0 bridgehead atoms. The van der Waals surface area contributed by atoms with E-state index < -0.39 is 0 Å². The minimum atomic E-state index is -0.185. The van der Waals surface area contributed by atoms with Crippen molar-refractivity contribution < 1.29 is 9.13 Å². The number of benzene rings is 2. The van der Waals surface area contributed by atoms with E-state index >= 15 is 0 Å². The Hall–Kier alpha value is -2.53. The molecule has 2 aliphatic heterocycles. The molecule has 0 aromatic heterocycles. The summed E-state index contributed by atoms with van der Waals surface area (Å²) in [4.78, 5) is 2.36. The molecular formula is C26H34FN3O. The number of aryl methyl sites for hydroxylation is 1. The van der Waals surface area contributed by atoms with Crippen molar-refractivity contribution >= 4 is 0 Å². The quantitative estimate of drug-likeness (QED) is 0.679. The van der Waals surface area contributed by atoms with Crippen LogP contribution in [0.5, 0.6) is 5.75 Å². The van der Waals surface area contributed by atoms with Crippen molar-refractivity contribution in [2.24, 2.45) is 0 Å². The molecule has 0 radical (unpaired) electrons. The SMILES string of the molecule is C=C(NCc1ccc2c(c1)CC(C)(C)O2)N(Cc1ccc(F)cc1C)C1CCNCC1. The summed E-state index contributed by atoms with van der Waals surface area (Å²) < 4.78 is 19.6.